The van der Waals surface area contributed by atoms with Crippen LogP contribution < -0.4 is 14.8 Å². The van der Waals surface area contributed by atoms with Crippen molar-refractivity contribution in [3.63, 3.8) is 0 Å². The molecule has 0 aliphatic carbocycles. The third-order valence-electron chi connectivity index (χ3n) is 2.51. The van der Waals surface area contributed by atoms with Crippen molar-refractivity contribution < 1.29 is 24.2 Å². The number of hydrogen-bond donors (Lipinski definition) is 2. The molecule has 0 aliphatic rings. The lowest BCUT2D eigenvalue weighted by atomic mass is 10.2. The number of carbonyl (C=O) groups excluding carboxylic acids is 1. The third-order valence-corrected chi connectivity index (χ3v) is 2.51. The molecule has 0 radical (unpaired) electrons. The van der Waals surface area contributed by atoms with Gasteiger partial charge in [-0.15, -0.1) is 6.58 Å². The Morgan fingerprint density at radius 2 is 2.20 bits per heavy atom. The number of rotatable bonds is 7. The van der Waals surface area contributed by atoms with Gasteiger partial charge in [0.25, 0.3) is 5.91 Å². The Morgan fingerprint density at radius 1 is 1.50 bits per heavy atom. The third kappa shape index (κ3) is 4.01. The number of methoxy groups -OCH3 is 1. The number of carbonyl (C=O) groups is 2. The molecule has 0 spiro atoms. The van der Waals surface area contributed by atoms with Gasteiger partial charge >= 0.3 is 5.97 Å². The number of hydrogen-bond acceptors (Lipinski definition) is 4. The van der Waals surface area contributed by atoms with E-state index in [1.165, 1.54) is 32.2 Å². The van der Waals surface area contributed by atoms with Crippen molar-refractivity contribution in [2.45, 2.75) is 13.0 Å². The minimum atomic E-state index is -1.14. The summed E-state index contributed by atoms with van der Waals surface area (Å²) in [5.41, 5.74) is -0.0332. The number of carboxylic acids is 1. The van der Waals surface area contributed by atoms with E-state index in [0.717, 1.165) is 0 Å². The van der Waals surface area contributed by atoms with E-state index in [1.54, 1.807) is 6.08 Å². The zero-order chi connectivity index (χ0) is 15.1. The fourth-order valence-electron chi connectivity index (χ4n) is 1.46. The molecule has 1 aromatic carbocycles. The molecular weight excluding hydrogens is 262 g/mol. The van der Waals surface area contributed by atoms with Crippen molar-refractivity contribution in [3.05, 3.63) is 36.4 Å². The molecule has 0 aliphatic heterocycles. The topological polar surface area (TPSA) is 84.9 Å². The first-order chi connectivity index (χ1) is 9.49. The number of amides is 1. The highest BCUT2D eigenvalue weighted by Crippen LogP contribution is 2.25. The lowest BCUT2D eigenvalue weighted by molar-refractivity contribution is -0.127. The summed E-state index contributed by atoms with van der Waals surface area (Å²) >= 11 is 0. The normalized spacial score (nSPS) is 11.3. The van der Waals surface area contributed by atoms with Gasteiger partial charge in [-0.1, -0.05) is 6.08 Å². The van der Waals surface area contributed by atoms with Crippen molar-refractivity contribution >= 4 is 11.9 Å². The smallest absolute Gasteiger partial charge is 0.339 e. The summed E-state index contributed by atoms with van der Waals surface area (Å²) in [7, 11) is 1.46. The Kier molecular flexibility index (Phi) is 5.58. The maximum Gasteiger partial charge on any atom is 0.339 e. The molecule has 6 heteroatoms. The Morgan fingerprint density at radius 3 is 2.75 bits per heavy atom. The van der Waals surface area contributed by atoms with Crippen LogP contribution in [0.3, 0.4) is 0 Å². The molecule has 108 valence electrons. The Bertz CT molecular complexity index is 512. The average Bonchev–Trinajstić information content (AvgIpc) is 2.44. The summed E-state index contributed by atoms with van der Waals surface area (Å²) in [6.45, 7) is 5.33. The standard InChI is InChI=1S/C14H17NO5/c1-4-7-15-13(16)9(2)20-12-8-10(19-3)5-6-11(12)14(17)18/h4-6,8-9H,1,7H2,2-3H3,(H,15,16)(H,17,18). The molecule has 20 heavy (non-hydrogen) atoms. The highest BCUT2D eigenvalue weighted by molar-refractivity contribution is 5.91. The first kappa shape index (κ1) is 15.6. The van der Waals surface area contributed by atoms with E-state index in [0.29, 0.717) is 12.3 Å². The average molecular weight is 279 g/mol. The minimum Gasteiger partial charge on any atom is -0.497 e. The molecule has 2 N–H and O–H groups in total. The van der Waals surface area contributed by atoms with Crippen molar-refractivity contribution in [1.29, 1.82) is 0 Å². The van der Waals surface area contributed by atoms with Crippen molar-refractivity contribution in [3.8, 4) is 11.5 Å². The van der Waals surface area contributed by atoms with Crippen LogP contribution in [0.1, 0.15) is 17.3 Å². The van der Waals surface area contributed by atoms with Crippen molar-refractivity contribution in [2.24, 2.45) is 0 Å². The molecule has 0 saturated carbocycles. The second-order valence-electron chi connectivity index (χ2n) is 3.96. The quantitative estimate of drug-likeness (QED) is 0.738. The van der Waals surface area contributed by atoms with Crippen LogP contribution in [0.25, 0.3) is 0 Å². The van der Waals surface area contributed by atoms with Crippen molar-refractivity contribution in [2.75, 3.05) is 13.7 Å². The molecule has 1 aromatic rings. The van der Waals surface area contributed by atoms with E-state index in [4.69, 9.17) is 14.6 Å². The van der Waals surface area contributed by atoms with Crippen LogP contribution in [0.2, 0.25) is 0 Å². The lowest BCUT2D eigenvalue weighted by Gasteiger charge is -2.16. The number of benzene rings is 1. The van der Waals surface area contributed by atoms with Crippen LogP contribution in [0, 0.1) is 0 Å². The molecule has 0 fully saturated rings. The predicted octanol–water partition coefficient (Wildman–Crippen LogP) is 1.46. The Labute approximate surface area is 117 Å². The van der Waals surface area contributed by atoms with E-state index in [-0.39, 0.29) is 17.2 Å². The van der Waals surface area contributed by atoms with Gasteiger partial charge in [0.15, 0.2) is 6.10 Å². The van der Waals surface area contributed by atoms with Gasteiger partial charge in [-0.3, -0.25) is 4.79 Å². The summed E-state index contributed by atoms with van der Waals surface area (Å²) in [4.78, 5) is 22.8. The maximum atomic E-state index is 11.7. The number of nitrogens with one attached hydrogen (secondary N) is 1. The number of carboxylic acid groups (broad SMARTS) is 1. The largest absolute Gasteiger partial charge is 0.497 e. The predicted molar refractivity (Wildman–Crippen MR) is 73.3 cm³/mol. The van der Waals surface area contributed by atoms with E-state index < -0.39 is 12.1 Å². The zero-order valence-corrected chi connectivity index (χ0v) is 11.4. The molecule has 0 saturated heterocycles. The Hall–Kier alpha value is -2.50. The first-order valence-corrected chi connectivity index (χ1v) is 5.96. The molecule has 0 aromatic heterocycles. The second kappa shape index (κ2) is 7.18. The summed E-state index contributed by atoms with van der Waals surface area (Å²) < 4.78 is 10.4. The summed E-state index contributed by atoms with van der Waals surface area (Å²) in [5.74, 6) is -0.966. The van der Waals surface area contributed by atoms with E-state index in [9.17, 15) is 9.59 Å². The maximum absolute atomic E-state index is 11.7. The fourth-order valence-corrected chi connectivity index (χ4v) is 1.46. The van der Waals surface area contributed by atoms with Crippen LogP contribution in [-0.4, -0.2) is 36.7 Å². The van der Waals surface area contributed by atoms with Gasteiger partial charge in [-0.25, -0.2) is 4.79 Å². The zero-order valence-electron chi connectivity index (χ0n) is 11.4. The molecule has 1 atom stereocenters. The van der Waals surface area contributed by atoms with E-state index in [1.807, 2.05) is 0 Å². The van der Waals surface area contributed by atoms with Gasteiger partial charge in [0.2, 0.25) is 0 Å². The highest BCUT2D eigenvalue weighted by Gasteiger charge is 2.19. The van der Waals surface area contributed by atoms with Gasteiger partial charge < -0.3 is 19.9 Å². The van der Waals surface area contributed by atoms with Crippen LogP contribution in [0.4, 0.5) is 0 Å². The monoisotopic (exact) mass is 279 g/mol. The molecule has 1 rings (SSSR count). The molecule has 1 amide bonds. The fraction of sp³-hybridized carbons (Fsp3) is 0.286. The van der Waals surface area contributed by atoms with Crippen LogP contribution in [0.5, 0.6) is 11.5 Å². The molecule has 1 unspecified atom stereocenters. The van der Waals surface area contributed by atoms with Gasteiger partial charge in [-0.2, -0.15) is 0 Å². The second-order valence-corrected chi connectivity index (χ2v) is 3.96. The molecule has 0 heterocycles. The molecule has 6 nitrogen and oxygen atoms in total. The summed E-state index contributed by atoms with van der Waals surface area (Å²) in [5, 5.41) is 11.7. The van der Waals surface area contributed by atoms with Crippen LogP contribution in [0.15, 0.2) is 30.9 Å². The van der Waals surface area contributed by atoms with Gasteiger partial charge in [0, 0.05) is 12.6 Å². The summed E-state index contributed by atoms with van der Waals surface area (Å²) in [6.07, 6.45) is 0.707. The van der Waals surface area contributed by atoms with E-state index >= 15 is 0 Å². The Balaban J connectivity index is 2.91. The van der Waals surface area contributed by atoms with E-state index in [2.05, 4.69) is 11.9 Å². The molecular formula is C14H17NO5. The SMILES string of the molecule is C=CCNC(=O)C(C)Oc1cc(OC)ccc1C(=O)O. The van der Waals surface area contributed by atoms with Crippen LogP contribution in [-0.2, 0) is 4.79 Å². The number of ether oxygens (including phenoxy) is 2. The molecule has 0 bridgehead atoms. The van der Waals surface area contributed by atoms with Crippen molar-refractivity contribution in [1.82, 2.24) is 5.32 Å². The minimum absolute atomic E-state index is 0.0332. The lowest BCUT2D eigenvalue weighted by Crippen LogP contribution is -2.36. The highest BCUT2D eigenvalue weighted by atomic mass is 16.5. The number of aromatic carboxylic acids is 1. The van der Waals surface area contributed by atoms with Gasteiger partial charge in [0.1, 0.15) is 17.1 Å². The van der Waals surface area contributed by atoms with Gasteiger partial charge in [0.05, 0.1) is 7.11 Å². The summed E-state index contributed by atoms with van der Waals surface area (Å²) in [6, 6.07) is 4.31. The first-order valence-electron chi connectivity index (χ1n) is 5.96. The van der Waals surface area contributed by atoms with Crippen LogP contribution >= 0.6 is 0 Å². The van der Waals surface area contributed by atoms with Gasteiger partial charge in [-0.05, 0) is 19.1 Å².